The van der Waals surface area contributed by atoms with Crippen LogP contribution in [0.15, 0.2) is 35.4 Å². The zero-order valence-electron chi connectivity index (χ0n) is 21.0. The highest BCUT2D eigenvalue weighted by molar-refractivity contribution is 7.98. The first-order chi connectivity index (χ1) is 17.0. The number of halogens is 3. The maximum absolute atomic E-state index is 13.6. The summed E-state index contributed by atoms with van der Waals surface area (Å²) in [4.78, 5) is 32.0. The lowest BCUT2D eigenvalue weighted by molar-refractivity contribution is -0.139. The molecule has 1 fully saturated rings. The minimum atomic E-state index is -4.68. The standard InChI is InChI=1S/C26H31F3N2O4S/c1-15(2)31(24(32)17-8-6-16(3)7-9-17)22-11-10-18(12-20(22)25(33)34-4)35-23-21(26(27,28)29)13-19(36-5)14-30-23/h10-17H,6-9H2,1-5H3/t16-,17-. The molecule has 1 amide bonds. The molecular formula is C26H31F3N2O4S. The fraction of sp³-hybridized carbons (Fsp3) is 0.500. The smallest absolute Gasteiger partial charge is 0.421 e. The molecular weight excluding hydrogens is 493 g/mol. The van der Waals surface area contributed by atoms with E-state index >= 15 is 0 Å². The summed E-state index contributed by atoms with van der Waals surface area (Å²) in [6.07, 6.45) is 1.72. The number of hydrogen-bond acceptors (Lipinski definition) is 6. The summed E-state index contributed by atoms with van der Waals surface area (Å²) >= 11 is 1.13. The topological polar surface area (TPSA) is 68.7 Å². The number of aromatic nitrogens is 1. The number of carbonyl (C=O) groups is 2. The Balaban J connectivity index is 2.00. The molecule has 1 aromatic heterocycles. The highest BCUT2D eigenvalue weighted by atomic mass is 32.2. The molecule has 0 aliphatic heterocycles. The van der Waals surface area contributed by atoms with E-state index in [-0.39, 0.29) is 29.2 Å². The van der Waals surface area contributed by atoms with Gasteiger partial charge in [-0.2, -0.15) is 13.2 Å². The van der Waals surface area contributed by atoms with E-state index in [9.17, 15) is 22.8 Å². The fourth-order valence-corrected chi connectivity index (χ4v) is 4.75. The molecule has 1 aliphatic rings. The second-order valence-electron chi connectivity index (χ2n) is 9.26. The van der Waals surface area contributed by atoms with Gasteiger partial charge in [0.1, 0.15) is 11.3 Å². The number of benzene rings is 1. The quantitative estimate of drug-likeness (QED) is 0.288. The van der Waals surface area contributed by atoms with Crippen LogP contribution in [0.4, 0.5) is 18.9 Å². The molecule has 6 nitrogen and oxygen atoms in total. The van der Waals surface area contributed by atoms with Crippen molar-refractivity contribution in [3.05, 3.63) is 41.6 Å². The molecule has 0 bridgehead atoms. The Morgan fingerprint density at radius 1 is 1.14 bits per heavy atom. The minimum absolute atomic E-state index is 0.0236. The molecule has 0 spiro atoms. The highest BCUT2D eigenvalue weighted by Crippen LogP contribution is 2.40. The van der Waals surface area contributed by atoms with Gasteiger partial charge < -0.3 is 14.4 Å². The van der Waals surface area contributed by atoms with Crippen molar-refractivity contribution in [3.63, 3.8) is 0 Å². The van der Waals surface area contributed by atoms with Gasteiger partial charge in [-0.25, -0.2) is 9.78 Å². The number of amides is 1. The number of esters is 1. The maximum atomic E-state index is 13.6. The molecule has 3 rings (SSSR count). The van der Waals surface area contributed by atoms with Crippen molar-refractivity contribution in [3.8, 4) is 11.6 Å². The molecule has 1 heterocycles. The number of carbonyl (C=O) groups excluding carboxylic acids is 2. The third kappa shape index (κ3) is 6.32. The number of alkyl halides is 3. The summed E-state index contributed by atoms with van der Waals surface area (Å²) in [7, 11) is 1.20. The molecule has 36 heavy (non-hydrogen) atoms. The van der Waals surface area contributed by atoms with Gasteiger partial charge in [0.25, 0.3) is 0 Å². The first-order valence-corrected chi connectivity index (χ1v) is 13.0. The molecule has 10 heteroatoms. The van der Waals surface area contributed by atoms with Crippen LogP contribution >= 0.6 is 11.8 Å². The molecule has 0 saturated heterocycles. The van der Waals surface area contributed by atoms with Crippen LogP contribution in [0.3, 0.4) is 0 Å². The Hall–Kier alpha value is -2.75. The number of rotatable bonds is 7. The number of pyridine rings is 1. The van der Waals surface area contributed by atoms with Crippen LogP contribution in [0.25, 0.3) is 0 Å². The van der Waals surface area contributed by atoms with E-state index in [0.717, 1.165) is 43.5 Å². The highest BCUT2D eigenvalue weighted by Gasteiger charge is 2.36. The van der Waals surface area contributed by atoms with E-state index in [2.05, 4.69) is 11.9 Å². The van der Waals surface area contributed by atoms with E-state index in [4.69, 9.17) is 9.47 Å². The number of ether oxygens (including phenoxy) is 2. The summed E-state index contributed by atoms with van der Waals surface area (Å²) in [5.41, 5.74) is -0.673. The Labute approximate surface area is 213 Å². The average molecular weight is 525 g/mol. The second kappa shape index (κ2) is 11.5. The normalized spacial score (nSPS) is 18.1. The number of nitrogens with zero attached hydrogens (tertiary/aromatic N) is 2. The molecule has 2 aromatic rings. The van der Waals surface area contributed by atoms with Crippen LogP contribution in [-0.2, 0) is 15.7 Å². The van der Waals surface area contributed by atoms with Crippen molar-refractivity contribution in [2.24, 2.45) is 11.8 Å². The van der Waals surface area contributed by atoms with Gasteiger partial charge in [-0.05, 0) is 76.0 Å². The van der Waals surface area contributed by atoms with Crippen LogP contribution in [0.2, 0.25) is 0 Å². The minimum Gasteiger partial charge on any atom is -0.465 e. The summed E-state index contributed by atoms with van der Waals surface area (Å²) in [6, 6.07) is 4.93. The SMILES string of the molecule is COC(=O)c1cc(Oc2ncc(SC)cc2C(F)(F)F)ccc1N(C(=O)[C@H]1CC[C@H](C)CC1)C(C)C. The molecule has 1 aliphatic carbocycles. The van der Waals surface area contributed by atoms with Crippen molar-refractivity contribution in [1.29, 1.82) is 0 Å². The first-order valence-electron chi connectivity index (χ1n) is 11.8. The van der Waals surface area contributed by atoms with Gasteiger partial charge in [0.2, 0.25) is 11.8 Å². The molecule has 0 atom stereocenters. The molecule has 0 radical (unpaired) electrons. The zero-order chi connectivity index (χ0) is 26.6. The largest absolute Gasteiger partial charge is 0.465 e. The maximum Gasteiger partial charge on any atom is 0.421 e. The first kappa shape index (κ1) is 27.8. The predicted molar refractivity (Wildman–Crippen MR) is 133 cm³/mol. The van der Waals surface area contributed by atoms with E-state index in [0.29, 0.717) is 16.5 Å². The van der Waals surface area contributed by atoms with Crippen molar-refractivity contribution in [2.75, 3.05) is 18.3 Å². The molecule has 0 unspecified atom stereocenters. The van der Waals surface area contributed by atoms with Gasteiger partial charge >= 0.3 is 12.1 Å². The molecule has 1 saturated carbocycles. The Bertz CT molecular complexity index is 1100. The van der Waals surface area contributed by atoms with Crippen LogP contribution < -0.4 is 9.64 Å². The van der Waals surface area contributed by atoms with Crippen molar-refractivity contribution in [2.45, 2.75) is 63.6 Å². The van der Waals surface area contributed by atoms with Crippen molar-refractivity contribution >= 4 is 29.3 Å². The van der Waals surface area contributed by atoms with E-state index in [1.54, 1.807) is 11.2 Å². The van der Waals surface area contributed by atoms with Crippen LogP contribution in [0.1, 0.15) is 62.4 Å². The van der Waals surface area contributed by atoms with Crippen molar-refractivity contribution < 1.29 is 32.2 Å². The van der Waals surface area contributed by atoms with Gasteiger partial charge in [0.05, 0.1) is 18.4 Å². The van der Waals surface area contributed by atoms with Gasteiger partial charge in [0.15, 0.2) is 0 Å². The summed E-state index contributed by atoms with van der Waals surface area (Å²) in [5.74, 6) is -1.05. The second-order valence-corrected chi connectivity index (χ2v) is 10.1. The van der Waals surface area contributed by atoms with Gasteiger partial charge in [0, 0.05) is 23.1 Å². The van der Waals surface area contributed by atoms with Gasteiger partial charge in [-0.3, -0.25) is 4.79 Å². The van der Waals surface area contributed by atoms with Gasteiger partial charge in [-0.1, -0.05) is 6.92 Å². The lowest BCUT2D eigenvalue weighted by Gasteiger charge is -2.34. The molecule has 0 N–H and O–H groups in total. The lowest BCUT2D eigenvalue weighted by atomic mass is 9.82. The molecule has 196 valence electrons. The van der Waals surface area contributed by atoms with Crippen molar-refractivity contribution in [1.82, 2.24) is 4.98 Å². The van der Waals surface area contributed by atoms with Crippen LogP contribution in [-0.4, -0.2) is 36.3 Å². The fourth-order valence-electron chi connectivity index (χ4n) is 4.36. The van der Waals surface area contributed by atoms with Gasteiger partial charge in [-0.15, -0.1) is 11.8 Å². The Morgan fingerprint density at radius 2 is 1.81 bits per heavy atom. The summed E-state index contributed by atoms with van der Waals surface area (Å²) in [6.45, 7) is 5.87. The monoisotopic (exact) mass is 524 g/mol. The van der Waals surface area contributed by atoms with E-state index in [1.165, 1.54) is 31.5 Å². The number of methoxy groups -OCH3 is 1. The van der Waals surface area contributed by atoms with E-state index in [1.807, 2.05) is 13.8 Å². The predicted octanol–water partition coefficient (Wildman–Crippen LogP) is 6.97. The third-order valence-electron chi connectivity index (χ3n) is 6.33. The Kier molecular flexibility index (Phi) is 8.92. The lowest BCUT2D eigenvalue weighted by Crippen LogP contribution is -2.43. The summed E-state index contributed by atoms with van der Waals surface area (Å²) in [5, 5.41) is 0. The zero-order valence-corrected chi connectivity index (χ0v) is 21.8. The Morgan fingerprint density at radius 3 is 2.36 bits per heavy atom. The van der Waals surface area contributed by atoms with Crippen LogP contribution in [0.5, 0.6) is 11.6 Å². The summed E-state index contributed by atoms with van der Waals surface area (Å²) < 4.78 is 51.3. The number of hydrogen-bond donors (Lipinski definition) is 0. The molecule has 1 aromatic carbocycles. The van der Waals surface area contributed by atoms with Crippen LogP contribution in [0, 0.1) is 11.8 Å². The average Bonchev–Trinajstić information content (AvgIpc) is 2.84. The number of thioether (sulfide) groups is 1. The number of anilines is 1. The third-order valence-corrected chi connectivity index (χ3v) is 7.03. The van der Waals surface area contributed by atoms with E-state index < -0.39 is 23.6 Å².